The summed E-state index contributed by atoms with van der Waals surface area (Å²) in [6.07, 6.45) is 4.72. The molecule has 1 aromatic heterocycles. The van der Waals surface area contributed by atoms with Crippen LogP contribution in [0.5, 0.6) is 0 Å². The molecule has 4 amide bonds. The fraction of sp³-hybridized carbons (Fsp3) is 0.429. The number of benzene rings is 1. The van der Waals surface area contributed by atoms with Crippen LogP contribution in [0.3, 0.4) is 0 Å². The molecule has 9 nitrogen and oxygen atoms in total. The molecule has 166 valence electrons. The van der Waals surface area contributed by atoms with Gasteiger partial charge in [0.05, 0.1) is 17.7 Å². The quantitative estimate of drug-likeness (QED) is 0.747. The number of nitrogens with zero attached hydrogens (tertiary/aromatic N) is 2. The molecule has 2 aliphatic rings. The van der Waals surface area contributed by atoms with Crippen molar-refractivity contribution in [1.29, 1.82) is 0 Å². The molecule has 1 aromatic carbocycles. The number of likely N-dealkylation sites (tertiary alicyclic amines) is 1. The van der Waals surface area contributed by atoms with E-state index >= 15 is 0 Å². The molecule has 0 bridgehead atoms. The number of anilines is 1. The molecule has 0 aliphatic carbocycles. The molecular weight excluding hydrogens is 420 g/mol. The molecule has 3 heterocycles. The predicted octanol–water partition coefficient (Wildman–Crippen LogP) is 2.13. The first kappa shape index (κ1) is 21.2. The highest BCUT2D eigenvalue weighted by Crippen LogP contribution is 2.30. The van der Waals surface area contributed by atoms with E-state index in [1.807, 2.05) is 0 Å². The molecule has 1 saturated heterocycles. The second-order valence-corrected chi connectivity index (χ2v) is 9.93. The number of amides is 4. The van der Waals surface area contributed by atoms with E-state index in [2.05, 4.69) is 10.6 Å². The van der Waals surface area contributed by atoms with Gasteiger partial charge in [-0.3, -0.25) is 4.90 Å². The van der Waals surface area contributed by atoms with Crippen LogP contribution in [-0.2, 0) is 22.8 Å². The first-order valence-corrected chi connectivity index (χ1v) is 12.2. The third-order valence-electron chi connectivity index (χ3n) is 5.72. The third-order valence-corrected chi connectivity index (χ3v) is 6.83. The van der Waals surface area contributed by atoms with E-state index in [9.17, 15) is 18.0 Å². The maximum Gasteiger partial charge on any atom is 0.322 e. The summed E-state index contributed by atoms with van der Waals surface area (Å²) in [5, 5.41) is 5.89. The van der Waals surface area contributed by atoms with E-state index in [0.29, 0.717) is 51.2 Å². The molecule has 0 atom stereocenters. The van der Waals surface area contributed by atoms with Crippen molar-refractivity contribution >= 4 is 27.6 Å². The van der Waals surface area contributed by atoms with Gasteiger partial charge in [-0.25, -0.2) is 18.0 Å². The first-order chi connectivity index (χ1) is 14.8. The van der Waals surface area contributed by atoms with E-state index in [4.69, 9.17) is 4.42 Å². The van der Waals surface area contributed by atoms with Gasteiger partial charge < -0.3 is 20.0 Å². The molecule has 0 spiro atoms. The number of carbonyl (C=O) groups excluding carboxylic acids is 2. The monoisotopic (exact) mass is 446 g/mol. The second-order valence-electron chi connectivity index (χ2n) is 7.91. The molecule has 2 aliphatic heterocycles. The molecule has 2 aromatic rings. The Hall–Kier alpha value is -3.01. The highest BCUT2D eigenvalue weighted by molar-refractivity contribution is 7.90. The van der Waals surface area contributed by atoms with Crippen LogP contribution in [0.15, 0.2) is 45.9 Å². The van der Waals surface area contributed by atoms with Crippen LogP contribution in [0, 0.1) is 0 Å². The fourth-order valence-electron chi connectivity index (χ4n) is 3.99. The molecule has 2 N–H and O–H groups in total. The van der Waals surface area contributed by atoms with Gasteiger partial charge >= 0.3 is 12.1 Å². The number of sulfone groups is 1. The normalized spacial score (nSPS) is 16.8. The van der Waals surface area contributed by atoms with Crippen LogP contribution in [0.2, 0.25) is 0 Å². The summed E-state index contributed by atoms with van der Waals surface area (Å²) in [5.41, 5.74) is 1.61. The Bertz CT molecular complexity index is 1060. The standard InChI is InChI=1S/C21H26N4O5S/c1-31(28,29)18-4-5-19-15(13-18)6-11-25(19)21(27)23-16-7-9-24(10-8-16)20(26)22-14-17-3-2-12-30-17/h2-5,12-13,16H,6-11,14H2,1H3,(H,22,26)(H,23,27). The minimum atomic E-state index is -3.28. The lowest BCUT2D eigenvalue weighted by Gasteiger charge is -2.33. The summed E-state index contributed by atoms with van der Waals surface area (Å²) >= 11 is 0. The van der Waals surface area contributed by atoms with Crippen molar-refractivity contribution in [1.82, 2.24) is 15.5 Å². The van der Waals surface area contributed by atoms with Gasteiger partial charge in [-0.1, -0.05) is 0 Å². The number of hydrogen-bond donors (Lipinski definition) is 2. The Morgan fingerprint density at radius 3 is 2.58 bits per heavy atom. The number of rotatable bonds is 4. The minimum Gasteiger partial charge on any atom is -0.467 e. The van der Waals surface area contributed by atoms with Gasteiger partial charge in [0.15, 0.2) is 9.84 Å². The van der Waals surface area contributed by atoms with Crippen LogP contribution in [0.4, 0.5) is 15.3 Å². The zero-order valence-electron chi connectivity index (χ0n) is 17.3. The summed E-state index contributed by atoms with van der Waals surface area (Å²) in [7, 11) is -3.28. The maximum absolute atomic E-state index is 12.8. The lowest BCUT2D eigenvalue weighted by atomic mass is 10.1. The summed E-state index contributed by atoms with van der Waals surface area (Å²) in [5.74, 6) is 0.699. The number of hydrogen-bond acceptors (Lipinski definition) is 5. The van der Waals surface area contributed by atoms with Crippen molar-refractivity contribution < 1.29 is 22.4 Å². The van der Waals surface area contributed by atoms with Gasteiger partial charge in [0, 0.05) is 37.6 Å². The van der Waals surface area contributed by atoms with Gasteiger partial charge in [0.1, 0.15) is 5.76 Å². The molecular formula is C21H26N4O5S. The zero-order chi connectivity index (χ0) is 22.0. The average molecular weight is 447 g/mol. The minimum absolute atomic E-state index is 0.0130. The summed E-state index contributed by atoms with van der Waals surface area (Å²) in [6, 6.07) is 8.13. The highest BCUT2D eigenvalue weighted by Gasteiger charge is 2.29. The zero-order valence-corrected chi connectivity index (χ0v) is 18.2. The Kier molecular flexibility index (Phi) is 5.90. The lowest BCUT2D eigenvalue weighted by Crippen LogP contribution is -2.51. The maximum atomic E-state index is 12.8. The van der Waals surface area contributed by atoms with Crippen LogP contribution < -0.4 is 15.5 Å². The summed E-state index contributed by atoms with van der Waals surface area (Å²) in [4.78, 5) is 28.8. The SMILES string of the molecule is CS(=O)(=O)c1ccc2c(c1)CCN2C(=O)NC1CCN(C(=O)NCc2ccco2)CC1. The van der Waals surface area contributed by atoms with Crippen molar-refractivity contribution in [3.8, 4) is 0 Å². The number of piperidine rings is 1. The van der Waals surface area contributed by atoms with Gasteiger partial charge in [-0.05, 0) is 55.2 Å². The highest BCUT2D eigenvalue weighted by atomic mass is 32.2. The first-order valence-electron chi connectivity index (χ1n) is 10.3. The number of urea groups is 2. The number of furan rings is 1. The summed E-state index contributed by atoms with van der Waals surface area (Å²) in [6.45, 7) is 1.98. The Morgan fingerprint density at radius 1 is 1.13 bits per heavy atom. The van der Waals surface area contributed by atoms with Crippen LogP contribution in [-0.4, -0.2) is 57.3 Å². The Labute approximate surface area is 181 Å². The summed E-state index contributed by atoms with van der Waals surface area (Å²) < 4.78 is 28.7. The fourth-order valence-corrected chi connectivity index (χ4v) is 4.66. The molecule has 0 radical (unpaired) electrons. The van der Waals surface area contributed by atoms with Gasteiger partial charge in [0.25, 0.3) is 0 Å². The molecule has 0 saturated carbocycles. The van der Waals surface area contributed by atoms with Gasteiger partial charge in [-0.15, -0.1) is 0 Å². The Morgan fingerprint density at radius 2 is 1.90 bits per heavy atom. The number of nitrogens with one attached hydrogen (secondary N) is 2. The third kappa shape index (κ3) is 4.84. The second kappa shape index (κ2) is 8.62. The van der Waals surface area contributed by atoms with Gasteiger partial charge in [0.2, 0.25) is 0 Å². The molecule has 31 heavy (non-hydrogen) atoms. The van der Waals surface area contributed by atoms with E-state index in [-0.39, 0.29) is 23.0 Å². The topological polar surface area (TPSA) is 112 Å². The van der Waals surface area contributed by atoms with E-state index in [0.717, 1.165) is 11.3 Å². The molecule has 10 heteroatoms. The largest absolute Gasteiger partial charge is 0.467 e. The predicted molar refractivity (Wildman–Crippen MR) is 115 cm³/mol. The van der Waals surface area contributed by atoms with Crippen molar-refractivity contribution in [2.45, 2.75) is 36.7 Å². The van der Waals surface area contributed by atoms with Crippen LogP contribution >= 0.6 is 0 Å². The molecule has 0 unspecified atom stereocenters. The van der Waals surface area contributed by atoms with Crippen molar-refractivity contribution in [2.24, 2.45) is 0 Å². The number of carbonyl (C=O) groups is 2. The van der Waals surface area contributed by atoms with Gasteiger partial charge in [-0.2, -0.15) is 0 Å². The number of fused-ring (bicyclic) bond motifs is 1. The molecule has 1 fully saturated rings. The van der Waals surface area contributed by atoms with E-state index < -0.39 is 9.84 Å². The van der Waals surface area contributed by atoms with E-state index in [1.165, 1.54) is 6.26 Å². The van der Waals surface area contributed by atoms with Crippen LogP contribution in [0.25, 0.3) is 0 Å². The molecule has 4 rings (SSSR count). The average Bonchev–Trinajstić information content (AvgIpc) is 3.41. The Balaban J connectivity index is 1.28. The van der Waals surface area contributed by atoms with Crippen molar-refractivity contribution in [2.75, 3.05) is 30.8 Å². The lowest BCUT2D eigenvalue weighted by molar-refractivity contribution is 0.175. The van der Waals surface area contributed by atoms with Crippen molar-refractivity contribution in [3.05, 3.63) is 47.9 Å². The van der Waals surface area contributed by atoms with E-state index in [1.54, 1.807) is 46.4 Å². The smallest absolute Gasteiger partial charge is 0.322 e. The van der Waals surface area contributed by atoms with Crippen molar-refractivity contribution in [3.63, 3.8) is 0 Å². The van der Waals surface area contributed by atoms with Crippen LogP contribution in [0.1, 0.15) is 24.2 Å².